The Kier molecular flexibility index (Phi) is 8.73. The van der Waals surface area contributed by atoms with Gasteiger partial charge in [0.2, 0.25) is 5.91 Å². The zero-order chi connectivity index (χ0) is 21.0. The quantitative estimate of drug-likeness (QED) is 0.343. The highest BCUT2D eigenvalue weighted by Crippen LogP contribution is 2.29. The van der Waals surface area contributed by atoms with Gasteiger partial charge in [0, 0.05) is 37.1 Å². The molecular weight excluding hydrogens is 554 g/mol. The maximum Gasteiger partial charge on any atom is 0.434 e. The summed E-state index contributed by atoms with van der Waals surface area (Å²) in [6, 6.07) is 7.33. The number of halogens is 5. The van der Waals surface area contributed by atoms with Crippen LogP contribution in [0.1, 0.15) is 16.3 Å². The highest BCUT2D eigenvalue weighted by Gasteiger charge is 2.33. The summed E-state index contributed by atoms with van der Waals surface area (Å²) in [4.78, 5) is 23.8. The van der Waals surface area contributed by atoms with Crippen molar-refractivity contribution in [1.29, 1.82) is 0 Å². The Morgan fingerprint density at radius 1 is 1.30 bits per heavy atom. The van der Waals surface area contributed by atoms with Crippen LogP contribution in [0.4, 0.5) is 13.2 Å². The van der Waals surface area contributed by atoms with E-state index in [2.05, 4.69) is 15.3 Å². The fourth-order valence-corrected chi connectivity index (χ4v) is 3.74. The van der Waals surface area contributed by atoms with Crippen molar-refractivity contribution in [3.05, 3.63) is 50.9 Å². The first-order chi connectivity index (χ1) is 13.8. The van der Waals surface area contributed by atoms with Crippen LogP contribution in [0.2, 0.25) is 5.02 Å². The topological polar surface area (TPSA) is 60.8 Å². The largest absolute Gasteiger partial charge is 0.434 e. The molecule has 0 spiro atoms. The molecule has 0 radical (unpaired) electrons. The summed E-state index contributed by atoms with van der Waals surface area (Å²) in [5, 5.41) is 4.91. The minimum absolute atomic E-state index is 0. The summed E-state index contributed by atoms with van der Waals surface area (Å²) < 4.78 is 38.0. The van der Waals surface area contributed by atoms with Gasteiger partial charge in [-0.15, -0.1) is 35.3 Å². The van der Waals surface area contributed by atoms with E-state index >= 15 is 0 Å². The predicted molar refractivity (Wildman–Crippen MR) is 121 cm³/mol. The molecule has 12 heteroatoms. The lowest BCUT2D eigenvalue weighted by molar-refractivity contribution is -0.140. The average molecular weight is 574 g/mol. The Morgan fingerprint density at radius 3 is 2.57 bits per heavy atom. The van der Waals surface area contributed by atoms with E-state index in [1.165, 1.54) is 0 Å². The molecule has 0 atom stereocenters. The smallest absolute Gasteiger partial charge is 0.350 e. The fourth-order valence-electron chi connectivity index (χ4n) is 2.88. The number of amides is 1. The third-order valence-corrected chi connectivity index (χ3v) is 5.46. The molecule has 1 N–H and O–H groups in total. The number of hydrogen-bond acceptors (Lipinski definition) is 4. The summed E-state index contributed by atoms with van der Waals surface area (Å²) in [6.45, 7) is 1.81. The Bertz CT molecular complexity index is 891. The molecule has 1 saturated heterocycles. The number of hydrogen-bond donors (Lipinski definition) is 1. The number of carbonyl (C=O) groups excluding carboxylic acids is 1. The SMILES string of the molecule is CN=C(NCc1nc(C(F)(F)F)cs1)N1CCN(Cc2ccc(Cl)cc2)C(=O)C1.I. The van der Waals surface area contributed by atoms with Crippen molar-refractivity contribution in [3.8, 4) is 0 Å². The molecule has 0 saturated carbocycles. The lowest BCUT2D eigenvalue weighted by Crippen LogP contribution is -2.54. The minimum Gasteiger partial charge on any atom is -0.350 e. The lowest BCUT2D eigenvalue weighted by Gasteiger charge is -2.36. The predicted octanol–water partition coefficient (Wildman–Crippen LogP) is 3.85. The maximum atomic E-state index is 12.7. The van der Waals surface area contributed by atoms with E-state index in [9.17, 15) is 18.0 Å². The van der Waals surface area contributed by atoms with Gasteiger partial charge in [-0.1, -0.05) is 23.7 Å². The van der Waals surface area contributed by atoms with Crippen LogP contribution in [0.15, 0.2) is 34.6 Å². The second-order valence-electron chi connectivity index (χ2n) is 6.39. The Labute approximate surface area is 198 Å². The summed E-state index contributed by atoms with van der Waals surface area (Å²) in [7, 11) is 1.57. The highest BCUT2D eigenvalue weighted by molar-refractivity contribution is 14.0. The molecular formula is C18H20ClF3IN5OS. The normalized spacial score (nSPS) is 15.2. The molecule has 30 heavy (non-hydrogen) atoms. The van der Waals surface area contributed by atoms with E-state index in [1.807, 2.05) is 12.1 Å². The van der Waals surface area contributed by atoms with Gasteiger partial charge in [-0.25, -0.2) is 4.98 Å². The molecule has 1 aromatic heterocycles. The molecule has 0 aliphatic carbocycles. The molecule has 1 aliphatic rings. The van der Waals surface area contributed by atoms with Crippen LogP contribution >= 0.6 is 46.9 Å². The number of aliphatic imine (C=N–C) groups is 1. The van der Waals surface area contributed by atoms with Crippen molar-refractivity contribution in [1.82, 2.24) is 20.1 Å². The molecule has 0 unspecified atom stereocenters. The Balaban J connectivity index is 0.00000320. The van der Waals surface area contributed by atoms with Crippen LogP contribution in [0, 0.1) is 0 Å². The second-order valence-corrected chi connectivity index (χ2v) is 7.77. The monoisotopic (exact) mass is 573 g/mol. The zero-order valence-corrected chi connectivity index (χ0v) is 19.9. The van der Waals surface area contributed by atoms with Crippen molar-refractivity contribution >= 4 is 58.8 Å². The van der Waals surface area contributed by atoms with Gasteiger partial charge in [-0.2, -0.15) is 13.2 Å². The summed E-state index contributed by atoms with van der Waals surface area (Å²) in [6.07, 6.45) is -4.46. The van der Waals surface area contributed by atoms with Crippen molar-refractivity contribution < 1.29 is 18.0 Å². The molecule has 2 aromatic rings. The number of nitrogens with one attached hydrogen (secondary N) is 1. The molecule has 6 nitrogen and oxygen atoms in total. The van der Waals surface area contributed by atoms with Crippen LogP contribution in [-0.4, -0.2) is 53.3 Å². The molecule has 1 fully saturated rings. The number of guanidine groups is 1. The van der Waals surface area contributed by atoms with Crippen LogP contribution in [-0.2, 0) is 24.1 Å². The first-order valence-electron chi connectivity index (χ1n) is 8.75. The Hall–Kier alpha value is -1.60. The number of rotatable bonds is 4. The number of aromatic nitrogens is 1. The number of benzene rings is 1. The fraction of sp³-hybridized carbons (Fsp3) is 0.389. The molecule has 1 aliphatic heterocycles. The first-order valence-corrected chi connectivity index (χ1v) is 10.0. The number of alkyl halides is 3. The van der Waals surface area contributed by atoms with E-state index in [-0.39, 0.29) is 43.0 Å². The Morgan fingerprint density at radius 2 is 2.00 bits per heavy atom. The van der Waals surface area contributed by atoms with Crippen molar-refractivity contribution in [2.45, 2.75) is 19.3 Å². The van der Waals surface area contributed by atoms with Gasteiger partial charge in [-0.05, 0) is 17.7 Å². The third kappa shape index (κ3) is 6.45. The van der Waals surface area contributed by atoms with Crippen LogP contribution in [0.5, 0.6) is 0 Å². The zero-order valence-electron chi connectivity index (χ0n) is 15.9. The van der Waals surface area contributed by atoms with Crippen LogP contribution in [0.3, 0.4) is 0 Å². The van der Waals surface area contributed by atoms with Gasteiger partial charge in [0.05, 0.1) is 13.1 Å². The number of piperazine rings is 1. The minimum atomic E-state index is -4.46. The van der Waals surface area contributed by atoms with Gasteiger partial charge < -0.3 is 15.1 Å². The second kappa shape index (κ2) is 10.6. The van der Waals surface area contributed by atoms with E-state index in [1.54, 1.807) is 29.0 Å². The third-order valence-electron chi connectivity index (χ3n) is 4.36. The van der Waals surface area contributed by atoms with Crippen LogP contribution < -0.4 is 5.32 Å². The van der Waals surface area contributed by atoms with Crippen molar-refractivity contribution in [2.75, 3.05) is 26.7 Å². The van der Waals surface area contributed by atoms with Crippen molar-refractivity contribution in [2.24, 2.45) is 4.99 Å². The number of nitrogens with zero attached hydrogens (tertiary/aromatic N) is 4. The van der Waals surface area contributed by atoms with Crippen molar-refractivity contribution in [3.63, 3.8) is 0 Å². The lowest BCUT2D eigenvalue weighted by atomic mass is 10.2. The molecule has 0 bridgehead atoms. The van der Waals surface area contributed by atoms with Gasteiger partial charge in [-0.3, -0.25) is 9.79 Å². The molecule has 2 heterocycles. The average Bonchev–Trinajstić information content (AvgIpc) is 3.15. The van der Waals surface area contributed by atoms with Crippen LogP contribution in [0.25, 0.3) is 0 Å². The highest BCUT2D eigenvalue weighted by atomic mass is 127. The summed E-state index contributed by atoms with van der Waals surface area (Å²) >= 11 is 6.81. The maximum absolute atomic E-state index is 12.7. The van der Waals surface area contributed by atoms with Gasteiger partial charge >= 0.3 is 6.18 Å². The molecule has 1 amide bonds. The summed E-state index contributed by atoms with van der Waals surface area (Å²) in [5.74, 6) is 0.399. The summed E-state index contributed by atoms with van der Waals surface area (Å²) in [5.41, 5.74) is 0.0863. The molecule has 164 valence electrons. The molecule has 1 aromatic carbocycles. The number of thiazole rings is 1. The molecule has 3 rings (SSSR count). The van der Waals surface area contributed by atoms with E-state index in [0.29, 0.717) is 35.6 Å². The van der Waals surface area contributed by atoms with Gasteiger partial charge in [0.1, 0.15) is 5.01 Å². The van der Waals surface area contributed by atoms with E-state index < -0.39 is 11.9 Å². The van der Waals surface area contributed by atoms with Gasteiger partial charge in [0.15, 0.2) is 11.7 Å². The van der Waals surface area contributed by atoms with Gasteiger partial charge in [0.25, 0.3) is 0 Å². The first kappa shape index (κ1) is 24.7. The number of carbonyl (C=O) groups is 1. The van der Waals surface area contributed by atoms with E-state index in [0.717, 1.165) is 22.3 Å². The van der Waals surface area contributed by atoms with E-state index in [4.69, 9.17) is 11.6 Å². The standard InChI is InChI=1S/C18H19ClF3N5OS.HI/c1-23-17(24-8-15-25-14(11-29-15)18(20,21)22)27-7-6-26(16(28)10-27)9-12-2-4-13(19)5-3-12;/h2-5,11H,6-10H2,1H3,(H,23,24);1H.